The van der Waals surface area contributed by atoms with Crippen LogP contribution in [0.3, 0.4) is 0 Å². The number of methoxy groups -OCH3 is 1. The summed E-state index contributed by atoms with van der Waals surface area (Å²) in [5.41, 5.74) is 5.65. The minimum Gasteiger partial charge on any atom is -0.457 e. The van der Waals surface area contributed by atoms with Crippen molar-refractivity contribution in [1.82, 2.24) is 0 Å². The Balaban J connectivity index is 0.982. The molecule has 0 bridgehead atoms. The van der Waals surface area contributed by atoms with Crippen LogP contribution < -0.4 is 0 Å². The topological polar surface area (TPSA) is 145 Å². The maximum Gasteiger partial charge on any atom is 0.306 e. The van der Waals surface area contributed by atoms with E-state index in [0.717, 1.165) is 33.4 Å². The van der Waals surface area contributed by atoms with Gasteiger partial charge >= 0.3 is 11.9 Å². The Hall–Kier alpha value is -6.66. The Morgan fingerprint density at radius 1 is 0.500 bits per heavy atom. The van der Waals surface area contributed by atoms with Gasteiger partial charge < -0.3 is 56.8 Å². The lowest BCUT2D eigenvalue weighted by molar-refractivity contribution is -0.255. The highest BCUT2D eigenvalue weighted by Gasteiger charge is 2.56. The van der Waals surface area contributed by atoms with E-state index in [9.17, 15) is 9.59 Å². The molecule has 2 heterocycles. The molecule has 2 fully saturated rings. The number of carbonyl (C=O) groups is 2. The highest BCUT2D eigenvalue weighted by atomic mass is 16.8. The van der Waals surface area contributed by atoms with Gasteiger partial charge in [-0.2, -0.15) is 0 Å². The van der Waals surface area contributed by atoms with E-state index in [2.05, 4.69) is 13.2 Å². The van der Waals surface area contributed by atoms with Crippen LogP contribution in [0.25, 0.3) is 0 Å². The normalized spacial score (nSPS) is 20.5. The van der Waals surface area contributed by atoms with Gasteiger partial charge in [0.1, 0.15) is 30.5 Å². The lowest BCUT2D eigenvalue weighted by Gasteiger charge is -2.41. The molecule has 0 N–H and O–H groups in total. The molecule has 82 heavy (non-hydrogen) atoms. The number of esters is 2. The summed E-state index contributed by atoms with van der Waals surface area (Å²) in [5.74, 6) is -2.89. The van der Waals surface area contributed by atoms with Crippen molar-refractivity contribution in [3.8, 4) is 0 Å². The smallest absolute Gasteiger partial charge is 0.306 e. The molecule has 0 spiro atoms. The first-order valence-corrected chi connectivity index (χ1v) is 28.1. The number of ether oxygens (including phenoxy) is 12. The van der Waals surface area contributed by atoms with Gasteiger partial charge in [0, 0.05) is 19.4 Å². The lowest BCUT2D eigenvalue weighted by Crippen LogP contribution is -2.54. The first-order chi connectivity index (χ1) is 40.1. The van der Waals surface area contributed by atoms with Gasteiger partial charge in [-0.1, -0.05) is 194 Å². The summed E-state index contributed by atoms with van der Waals surface area (Å²) in [6.07, 6.45) is -4.89. The maximum atomic E-state index is 14.7. The van der Waals surface area contributed by atoms with Gasteiger partial charge in [-0.05, 0) is 53.6 Å². The second kappa shape index (κ2) is 32.3. The van der Waals surface area contributed by atoms with Crippen LogP contribution in [-0.4, -0.2) is 99.3 Å². The van der Waals surface area contributed by atoms with Crippen LogP contribution in [0.2, 0.25) is 0 Å². The van der Waals surface area contributed by atoms with E-state index >= 15 is 0 Å². The van der Waals surface area contributed by atoms with Crippen molar-refractivity contribution in [2.24, 2.45) is 5.92 Å². The zero-order valence-corrected chi connectivity index (χ0v) is 47.2. The fourth-order valence-electron chi connectivity index (χ4n) is 10.1. The van der Waals surface area contributed by atoms with Gasteiger partial charge in [0.05, 0.1) is 71.5 Å². The van der Waals surface area contributed by atoms with Crippen molar-refractivity contribution in [1.29, 1.82) is 0 Å². The summed E-state index contributed by atoms with van der Waals surface area (Å²) in [6.45, 7) is 13.3. The molecule has 2 aliphatic rings. The Bertz CT molecular complexity index is 2790. The van der Waals surface area contributed by atoms with Crippen LogP contribution in [0.4, 0.5) is 0 Å². The second-order valence-corrected chi connectivity index (χ2v) is 20.8. The minimum absolute atomic E-state index is 0.00666. The van der Waals surface area contributed by atoms with Crippen molar-refractivity contribution in [2.45, 2.75) is 140 Å². The molecule has 0 amide bonds. The van der Waals surface area contributed by atoms with Crippen molar-refractivity contribution in [2.75, 3.05) is 20.3 Å². The van der Waals surface area contributed by atoms with Crippen LogP contribution in [0.5, 0.6) is 0 Å². The molecule has 434 valence electrons. The third-order valence-electron chi connectivity index (χ3n) is 14.2. The van der Waals surface area contributed by atoms with Crippen LogP contribution in [0, 0.1) is 5.92 Å². The highest BCUT2D eigenvalue weighted by Crippen LogP contribution is 2.43. The first-order valence-electron chi connectivity index (χ1n) is 28.1. The fourth-order valence-corrected chi connectivity index (χ4v) is 10.1. The molecule has 0 radical (unpaired) electrons. The molecule has 14 heteroatoms. The van der Waals surface area contributed by atoms with Crippen molar-refractivity contribution < 1.29 is 66.4 Å². The zero-order valence-electron chi connectivity index (χ0n) is 47.2. The van der Waals surface area contributed by atoms with E-state index in [1.165, 1.54) is 7.11 Å². The van der Waals surface area contributed by atoms with Gasteiger partial charge in [-0.3, -0.25) is 9.59 Å². The van der Waals surface area contributed by atoms with E-state index in [4.69, 9.17) is 56.8 Å². The fraction of sp³-hybridized carbons (Fsp3) is 0.382. The van der Waals surface area contributed by atoms with Gasteiger partial charge in [0.25, 0.3) is 0 Å². The van der Waals surface area contributed by atoms with Crippen LogP contribution in [0.1, 0.15) is 66.5 Å². The Morgan fingerprint density at radius 2 is 0.854 bits per heavy atom. The summed E-state index contributed by atoms with van der Waals surface area (Å²) < 4.78 is 77.5. The molecule has 0 aliphatic carbocycles. The predicted octanol–water partition coefficient (Wildman–Crippen LogP) is 11.6. The second-order valence-electron chi connectivity index (χ2n) is 20.8. The van der Waals surface area contributed by atoms with Crippen molar-refractivity contribution in [3.63, 3.8) is 0 Å². The monoisotopic (exact) mass is 1120 g/mol. The molecule has 0 unspecified atom stereocenters. The molecule has 0 saturated carbocycles. The average molecular weight is 1120 g/mol. The third-order valence-corrected chi connectivity index (χ3v) is 14.2. The van der Waals surface area contributed by atoms with Crippen LogP contribution >= 0.6 is 0 Å². The highest BCUT2D eigenvalue weighted by molar-refractivity contribution is 5.70. The number of carbonyl (C=O) groups excluding carboxylic acids is 2. The van der Waals surface area contributed by atoms with E-state index in [1.807, 2.05) is 182 Å². The maximum absolute atomic E-state index is 14.7. The van der Waals surface area contributed by atoms with E-state index < -0.39 is 84.9 Å². The van der Waals surface area contributed by atoms with Gasteiger partial charge in [0.2, 0.25) is 0 Å². The molecule has 0 aromatic heterocycles. The molecule has 2 aliphatic heterocycles. The Morgan fingerprint density at radius 3 is 1.23 bits per heavy atom. The van der Waals surface area contributed by atoms with E-state index in [-0.39, 0.29) is 72.1 Å². The van der Waals surface area contributed by atoms with Crippen molar-refractivity contribution in [3.05, 3.63) is 241 Å². The molecular weight excluding hydrogens is 1040 g/mol. The van der Waals surface area contributed by atoms with Gasteiger partial charge in [0.15, 0.2) is 24.3 Å². The number of hydrogen-bond acceptors (Lipinski definition) is 14. The van der Waals surface area contributed by atoms with E-state index in [1.54, 1.807) is 26.0 Å². The Kier molecular flexibility index (Phi) is 24.2. The molecule has 8 rings (SSSR count). The zero-order chi connectivity index (χ0) is 57.4. The average Bonchev–Trinajstić information content (AvgIpc) is 3.88. The van der Waals surface area contributed by atoms with Gasteiger partial charge in [-0.15, -0.1) is 13.2 Å². The van der Waals surface area contributed by atoms with E-state index in [0.29, 0.717) is 0 Å². The van der Waals surface area contributed by atoms with Crippen LogP contribution in [0.15, 0.2) is 207 Å². The summed E-state index contributed by atoms with van der Waals surface area (Å²) >= 11 is 0. The van der Waals surface area contributed by atoms with Gasteiger partial charge in [-0.25, -0.2) is 0 Å². The predicted molar refractivity (Wildman–Crippen MR) is 309 cm³/mol. The minimum atomic E-state index is -1.08. The number of fused-ring (bicyclic) bond motifs is 1. The molecule has 6 aromatic rings. The standard InChI is InChI=1S/C68H78O14/c1-6-56(74-43-51-30-18-10-19-31-51)64(76-45-53-34-22-12-23-35-53)59(47-72-41-49-26-14-8-15-27-49)78-61(69)39-38-58-66-63(81-68(3,4)82-66)55(67(71-5)80-58)40-62(70)79-60(48-73-42-50-28-16-9-17-29-50)65(77-46-54-36-24-13-25-37-54)57(7-2)75-44-52-32-20-11-21-33-52/h6-37,55-60,63-67H,1-2,38-48H2,3-5H3/t55-,56-,57-,58-,59-,60-,63-,64+,65+,66+,67-/m1/s1. The summed E-state index contributed by atoms with van der Waals surface area (Å²) in [4.78, 5) is 29.0. The number of benzene rings is 6. The number of hydrogen-bond donors (Lipinski definition) is 0. The molecule has 2 saturated heterocycles. The summed E-state index contributed by atoms with van der Waals surface area (Å²) in [7, 11) is 1.51. The SMILES string of the molecule is C=C[C@@H](OCc1ccccc1)[C@H](OCc1ccccc1)[C@@H](COCc1ccccc1)OC(=O)CC[C@H]1O[C@@H](OC)[C@H](CC(=O)O[C@H](COCc2ccccc2)[C@@H](OCc2ccccc2)[C@@H](C=C)OCc2ccccc2)[C@H]2OC(C)(C)O[C@H]21. The molecular formula is C68H78O14. The first kappa shape index (κ1) is 61.4. The summed E-state index contributed by atoms with van der Waals surface area (Å²) in [5, 5.41) is 0. The van der Waals surface area contributed by atoms with Crippen LogP contribution in [-0.2, 0) is 106 Å². The number of rotatable bonds is 34. The quantitative estimate of drug-likeness (QED) is 0.0279. The molecule has 14 nitrogen and oxygen atoms in total. The molecule has 6 aromatic carbocycles. The third kappa shape index (κ3) is 18.9. The van der Waals surface area contributed by atoms with Crippen molar-refractivity contribution >= 4 is 11.9 Å². The lowest BCUT2D eigenvalue weighted by atomic mass is 9.87. The largest absolute Gasteiger partial charge is 0.457 e. The Labute approximate surface area is 483 Å². The molecule has 11 atom stereocenters. The summed E-state index contributed by atoms with van der Waals surface area (Å²) in [6, 6.07) is 58.6.